The molecule has 10 heteroatoms. The molecule has 2 N–H and O–H groups in total. The van der Waals surface area contributed by atoms with E-state index in [1.165, 1.54) is 12.3 Å². The van der Waals surface area contributed by atoms with Gasteiger partial charge < -0.3 is 24.5 Å². The fourth-order valence-corrected chi connectivity index (χ4v) is 3.42. The summed E-state index contributed by atoms with van der Waals surface area (Å²) >= 11 is 6.88. The monoisotopic (exact) mass is 410 g/mol. The van der Waals surface area contributed by atoms with Gasteiger partial charge in [0.05, 0.1) is 28.5 Å². The quantitative estimate of drug-likeness (QED) is 0.709. The van der Waals surface area contributed by atoms with E-state index in [1.54, 1.807) is 25.1 Å². The van der Waals surface area contributed by atoms with E-state index in [2.05, 4.69) is 10.6 Å². The molecule has 2 aromatic heterocycles. The molecule has 0 aliphatic carbocycles. The Kier molecular flexibility index (Phi) is 5.82. The molecule has 0 fully saturated rings. The lowest BCUT2D eigenvalue weighted by Crippen LogP contribution is -2.47. The van der Waals surface area contributed by atoms with E-state index < -0.39 is 24.0 Å². The first kappa shape index (κ1) is 19.0. The van der Waals surface area contributed by atoms with Gasteiger partial charge in [-0.2, -0.15) is 0 Å². The number of nitrogens with one attached hydrogen (secondary N) is 2. The summed E-state index contributed by atoms with van der Waals surface area (Å²) < 4.78 is 16.1. The zero-order chi connectivity index (χ0) is 19.4. The molecule has 3 rings (SSSR count). The lowest BCUT2D eigenvalue weighted by Gasteiger charge is -2.27. The first-order chi connectivity index (χ1) is 13.0. The van der Waals surface area contributed by atoms with Crippen LogP contribution in [0, 0.1) is 0 Å². The third-order valence-corrected chi connectivity index (χ3v) is 4.81. The van der Waals surface area contributed by atoms with Crippen LogP contribution in [0.2, 0.25) is 4.34 Å². The van der Waals surface area contributed by atoms with Crippen molar-refractivity contribution in [1.82, 2.24) is 10.6 Å². The largest absolute Gasteiger partial charge is 0.467 e. The molecule has 3 heterocycles. The topological polar surface area (TPSA) is 107 Å². The number of esters is 2. The normalized spacial score (nSPS) is 16.5. The Morgan fingerprint density at radius 1 is 1.26 bits per heavy atom. The highest BCUT2D eigenvalue weighted by atomic mass is 35.5. The summed E-state index contributed by atoms with van der Waals surface area (Å²) in [7, 11) is 0. The van der Waals surface area contributed by atoms with Crippen LogP contribution in [0.15, 0.2) is 46.2 Å². The summed E-state index contributed by atoms with van der Waals surface area (Å²) in [6, 6.07) is 4.93. The molecular formula is C17H15ClN2O6S. The van der Waals surface area contributed by atoms with Crippen molar-refractivity contribution in [2.45, 2.75) is 13.0 Å². The molecule has 8 nitrogen and oxygen atoms in total. The Labute approximate surface area is 163 Å². The number of hydrogen-bond acceptors (Lipinski definition) is 7. The molecule has 1 aliphatic rings. The number of carbonyl (C=O) groups excluding carboxylic acids is 3. The molecule has 1 unspecified atom stereocenters. The third kappa shape index (κ3) is 4.32. The van der Waals surface area contributed by atoms with Crippen LogP contribution in [-0.4, -0.2) is 31.2 Å². The third-order valence-electron chi connectivity index (χ3n) is 3.60. The summed E-state index contributed by atoms with van der Waals surface area (Å²) in [5.74, 6) is -0.927. The zero-order valence-corrected chi connectivity index (χ0v) is 15.7. The number of carbonyl (C=O) groups is 3. The predicted octanol–water partition coefficient (Wildman–Crippen LogP) is 3.02. The van der Waals surface area contributed by atoms with Crippen LogP contribution >= 0.6 is 22.9 Å². The van der Waals surface area contributed by atoms with Crippen LogP contribution in [0.3, 0.4) is 0 Å². The Morgan fingerprint density at radius 3 is 2.70 bits per heavy atom. The van der Waals surface area contributed by atoms with Crippen molar-refractivity contribution in [2.24, 2.45) is 0 Å². The fourth-order valence-electron chi connectivity index (χ4n) is 2.48. The molecule has 2 amide bonds. The second-order valence-electron chi connectivity index (χ2n) is 5.34. The van der Waals surface area contributed by atoms with E-state index in [0.717, 1.165) is 11.3 Å². The minimum absolute atomic E-state index is 0.100. The molecule has 142 valence electrons. The molecule has 0 radical (unpaired) electrons. The summed E-state index contributed by atoms with van der Waals surface area (Å²) in [6.07, 6.45) is 1.42. The minimum Gasteiger partial charge on any atom is -0.467 e. The maximum Gasteiger partial charge on any atom is 0.348 e. The van der Waals surface area contributed by atoms with Gasteiger partial charge in [-0.05, 0) is 31.2 Å². The van der Waals surface area contributed by atoms with E-state index >= 15 is 0 Å². The van der Waals surface area contributed by atoms with E-state index in [9.17, 15) is 14.4 Å². The molecule has 2 aromatic rings. The predicted molar refractivity (Wildman–Crippen MR) is 96.4 cm³/mol. The van der Waals surface area contributed by atoms with Crippen LogP contribution < -0.4 is 10.6 Å². The standard InChI is InChI=1S/C17H15ClN2O6S/c1-2-24-16(22)13-9(8-26-15(21)11-5-6-12(18)27-11)19-17(23)20-14(13)10-4-3-7-25-10/h3-7,14H,2,8H2,1H3,(H2,19,20,23). The van der Waals surface area contributed by atoms with Gasteiger partial charge in [0.1, 0.15) is 23.3 Å². The zero-order valence-electron chi connectivity index (χ0n) is 14.1. The maximum atomic E-state index is 12.5. The highest BCUT2D eigenvalue weighted by Gasteiger charge is 2.35. The number of halogens is 1. The molecule has 1 atom stereocenters. The van der Waals surface area contributed by atoms with Crippen LogP contribution in [0.25, 0.3) is 0 Å². The van der Waals surface area contributed by atoms with Crippen molar-refractivity contribution >= 4 is 40.9 Å². The Hall–Kier alpha value is -2.78. The fraction of sp³-hybridized carbons (Fsp3) is 0.235. The summed E-state index contributed by atoms with van der Waals surface area (Å²) in [4.78, 5) is 36.9. The highest BCUT2D eigenvalue weighted by molar-refractivity contribution is 7.17. The second-order valence-corrected chi connectivity index (χ2v) is 7.05. The number of hydrogen-bond donors (Lipinski definition) is 2. The number of thiophene rings is 1. The van der Waals surface area contributed by atoms with Crippen LogP contribution in [0.1, 0.15) is 28.4 Å². The Morgan fingerprint density at radius 2 is 2.07 bits per heavy atom. The van der Waals surface area contributed by atoms with Gasteiger partial charge in [0.15, 0.2) is 0 Å². The molecule has 0 aromatic carbocycles. The Bertz CT molecular complexity index is 889. The van der Waals surface area contributed by atoms with E-state index in [0.29, 0.717) is 15.0 Å². The lowest BCUT2D eigenvalue weighted by atomic mass is 10.0. The number of urea groups is 1. The molecular weight excluding hydrogens is 396 g/mol. The molecule has 0 bridgehead atoms. The van der Waals surface area contributed by atoms with Gasteiger partial charge in [-0.15, -0.1) is 11.3 Å². The number of furan rings is 1. The summed E-state index contributed by atoms with van der Waals surface area (Å²) in [5.41, 5.74) is 0.220. The first-order valence-electron chi connectivity index (χ1n) is 7.93. The van der Waals surface area contributed by atoms with Gasteiger partial charge in [0.2, 0.25) is 0 Å². The van der Waals surface area contributed by atoms with E-state index in [4.69, 9.17) is 25.5 Å². The first-order valence-corrected chi connectivity index (χ1v) is 9.12. The smallest absolute Gasteiger partial charge is 0.348 e. The highest BCUT2D eigenvalue weighted by Crippen LogP contribution is 2.28. The molecule has 1 aliphatic heterocycles. The van der Waals surface area contributed by atoms with E-state index in [-0.39, 0.29) is 24.5 Å². The molecule has 27 heavy (non-hydrogen) atoms. The van der Waals surface area contributed by atoms with E-state index in [1.807, 2.05) is 0 Å². The average Bonchev–Trinajstić information content (AvgIpc) is 3.31. The molecule has 0 spiro atoms. The number of rotatable bonds is 6. The second kappa shape index (κ2) is 8.28. The Balaban J connectivity index is 1.88. The van der Waals surface area contributed by atoms with Gasteiger partial charge in [0, 0.05) is 0 Å². The van der Waals surface area contributed by atoms with Crippen LogP contribution in [0.5, 0.6) is 0 Å². The minimum atomic E-state index is -0.863. The van der Waals surface area contributed by atoms with Crippen molar-refractivity contribution in [3.05, 3.63) is 56.8 Å². The number of ether oxygens (including phenoxy) is 2. The number of amides is 2. The van der Waals surface area contributed by atoms with Crippen molar-refractivity contribution in [2.75, 3.05) is 13.2 Å². The van der Waals surface area contributed by atoms with Gasteiger partial charge in [0.25, 0.3) is 0 Å². The summed E-state index contributed by atoms with van der Waals surface area (Å²) in [6.45, 7) is 1.48. The van der Waals surface area contributed by atoms with Crippen molar-refractivity contribution in [3.8, 4) is 0 Å². The van der Waals surface area contributed by atoms with Gasteiger partial charge in [-0.3, -0.25) is 0 Å². The van der Waals surface area contributed by atoms with Crippen molar-refractivity contribution in [1.29, 1.82) is 0 Å². The van der Waals surface area contributed by atoms with Crippen molar-refractivity contribution < 1.29 is 28.3 Å². The van der Waals surface area contributed by atoms with Crippen LogP contribution in [0.4, 0.5) is 4.79 Å². The lowest BCUT2D eigenvalue weighted by molar-refractivity contribution is -0.139. The van der Waals surface area contributed by atoms with Gasteiger partial charge in [-0.1, -0.05) is 11.6 Å². The SMILES string of the molecule is CCOC(=O)C1=C(COC(=O)c2ccc(Cl)s2)NC(=O)NC1c1ccco1. The average molecular weight is 411 g/mol. The molecule has 0 saturated carbocycles. The molecule has 0 saturated heterocycles. The summed E-state index contributed by atoms with van der Waals surface area (Å²) in [5, 5.41) is 5.10. The van der Waals surface area contributed by atoms with Gasteiger partial charge >= 0.3 is 18.0 Å². The van der Waals surface area contributed by atoms with Gasteiger partial charge in [-0.25, -0.2) is 14.4 Å². The maximum absolute atomic E-state index is 12.5. The van der Waals surface area contributed by atoms with Crippen molar-refractivity contribution in [3.63, 3.8) is 0 Å². The van der Waals surface area contributed by atoms with Crippen LogP contribution in [-0.2, 0) is 14.3 Å².